The minimum absolute atomic E-state index is 0.538. The summed E-state index contributed by atoms with van der Waals surface area (Å²) in [6.07, 6.45) is 4.31. The van der Waals surface area contributed by atoms with Gasteiger partial charge in [-0.15, -0.1) is 0 Å². The van der Waals surface area contributed by atoms with Crippen LogP contribution >= 0.6 is 11.3 Å². The first-order valence-corrected chi connectivity index (χ1v) is 6.04. The van der Waals surface area contributed by atoms with Crippen molar-refractivity contribution < 1.29 is 5.11 Å². The van der Waals surface area contributed by atoms with Gasteiger partial charge in [0.05, 0.1) is 4.88 Å². The summed E-state index contributed by atoms with van der Waals surface area (Å²) in [5, 5.41) is 11.1. The molecule has 1 unspecified atom stereocenters. The fraction of sp³-hybridized carbons (Fsp3) is 0.700. The largest absolute Gasteiger partial charge is 0.384 e. The third-order valence-electron chi connectivity index (χ3n) is 3.02. The van der Waals surface area contributed by atoms with E-state index >= 15 is 0 Å². The van der Waals surface area contributed by atoms with Gasteiger partial charge in [0.15, 0.2) is 5.13 Å². The Morgan fingerprint density at radius 2 is 2.33 bits per heavy atom. The number of anilines is 1. The van der Waals surface area contributed by atoms with Crippen LogP contribution in [0.2, 0.25) is 0 Å². The Bertz CT molecular complexity index is 341. The highest BCUT2D eigenvalue weighted by molar-refractivity contribution is 7.15. The lowest BCUT2D eigenvalue weighted by molar-refractivity contribution is 0.0253. The van der Waals surface area contributed by atoms with Gasteiger partial charge in [-0.3, -0.25) is 0 Å². The van der Waals surface area contributed by atoms with Crippen molar-refractivity contribution >= 4 is 16.5 Å². The Morgan fingerprint density at radius 1 is 1.53 bits per heavy atom. The van der Waals surface area contributed by atoms with Crippen molar-refractivity contribution in [2.24, 2.45) is 0 Å². The van der Waals surface area contributed by atoms with Gasteiger partial charge in [0.2, 0.25) is 0 Å². The fourth-order valence-corrected chi connectivity index (χ4v) is 2.83. The van der Waals surface area contributed by atoms with Crippen LogP contribution in [0.3, 0.4) is 0 Å². The number of hydrogen-bond donors (Lipinski definition) is 2. The molecule has 0 bridgehead atoms. The Labute approximate surface area is 93.7 Å². The predicted molar refractivity (Wildman–Crippen MR) is 61.8 cm³/mol. The van der Waals surface area contributed by atoms with Crippen LogP contribution in [0.4, 0.5) is 5.13 Å². The van der Waals surface area contributed by atoms with Gasteiger partial charge in [0, 0.05) is 12.7 Å². The molecule has 1 atom stereocenters. The fourth-order valence-electron chi connectivity index (χ4n) is 2.00. The lowest BCUT2D eigenvalue weighted by atomic mass is 9.94. The minimum atomic E-state index is -0.708. The monoisotopic (exact) mass is 227 g/mol. The molecule has 84 valence electrons. The molecule has 1 aromatic heterocycles. The SMILES string of the molecule is CN1CCCC(O)(c2cnc(N)s2)CC1. The standard InChI is InChI=1S/C10H17N3OS/c1-13-5-2-3-10(14,4-6-13)8-7-12-9(11)15-8/h7,14H,2-6H2,1H3,(H2,11,12). The van der Waals surface area contributed by atoms with Gasteiger partial charge in [0.1, 0.15) is 5.60 Å². The highest BCUT2D eigenvalue weighted by atomic mass is 32.1. The Kier molecular flexibility index (Phi) is 2.95. The summed E-state index contributed by atoms with van der Waals surface area (Å²) in [7, 11) is 2.09. The number of hydrogen-bond acceptors (Lipinski definition) is 5. The van der Waals surface area contributed by atoms with Gasteiger partial charge in [-0.2, -0.15) is 0 Å². The highest BCUT2D eigenvalue weighted by Crippen LogP contribution is 2.36. The van der Waals surface area contributed by atoms with Gasteiger partial charge >= 0.3 is 0 Å². The normalized spacial score (nSPS) is 28.9. The van der Waals surface area contributed by atoms with E-state index in [1.54, 1.807) is 6.20 Å². The number of rotatable bonds is 1. The van der Waals surface area contributed by atoms with Crippen LogP contribution in [0.1, 0.15) is 24.1 Å². The number of aromatic nitrogens is 1. The molecule has 1 fully saturated rings. The Hall–Kier alpha value is -0.650. The van der Waals surface area contributed by atoms with Crippen LogP contribution < -0.4 is 5.73 Å². The molecule has 5 heteroatoms. The molecule has 0 amide bonds. The second-order valence-electron chi connectivity index (χ2n) is 4.25. The van der Waals surface area contributed by atoms with E-state index in [1.165, 1.54) is 11.3 Å². The first-order valence-electron chi connectivity index (χ1n) is 5.23. The molecule has 0 radical (unpaired) electrons. The highest BCUT2D eigenvalue weighted by Gasteiger charge is 2.32. The van der Waals surface area contributed by atoms with E-state index in [2.05, 4.69) is 16.9 Å². The molecule has 1 aromatic rings. The molecule has 3 N–H and O–H groups in total. The molecule has 1 aliphatic heterocycles. The molecule has 4 nitrogen and oxygen atoms in total. The number of aliphatic hydroxyl groups is 1. The van der Waals surface area contributed by atoms with Gasteiger partial charge in [-0.25, -0.2) is 4.98 Å². The third-order valence-corrected chi connectivity index (χ3v) is 4.04. The molecule has 1 saturated heterocycles. The quantitative estimate of drug-likeness (QED) is 0.752. The molecule has 15 heavy (non-hydrogen) atoms. The molecule has 2 rings (SSSR count). The maximum atomic E-state index is 10.5. The van der Waals surface area contributed by atoms with Crippen LogP contribution in [0.5, 0.6) is 0 Å². The summed E-state index contributed by atoms with van der Waals surface area (Å²) < 4.78 is 0. The van der Waals surface area contributed by atoms with E-state index in [9.17, 15) is 5.11 Å². The third kappa shape index (κ3) is 2.30. The van der Waals surface area contributed by atoms with E-state index in [1.807, 2.05) is 0 Å². The van der Waals surface area contributed by atoms with E-state index in [0.717, 1.165) is 37.2 Å². The van der Waals surface area contributed by atoms with Crippen LogP contribution in [0.25, 0.3) is 0 Å². The zero-order valence-corrected chi connectivity index (χ0v) is 9.76. The summed E-state index contributed by atoms with van der Waals surface area (Å²) in [4.78, 5) is 7.17. The molecular weight excluding hydrogens is 210 g/mol. The van der Waals surface area contributed by atoms with Crippen LogP contribution in [-0.2, 0) is 5.60 Å². The van der Waals surface area contributed by atoms with Gasteiger partial charge < -0.3 is 15.7 Å². The molecule has 2 heterocycles. The number of nitrogens with two attached hydrogens (primary N) is 1. The lowest BCUT2D eigenvalue weighted by Crippen LogP contribution is -2.26. The van der Waals surface area contributed by atoms with E-state index in [-0.39, 0.29) is 0 Å². The minimum Gasteiger partial charge on any atom is -0.384 e. The second-order valence-corrected chi connectivity index (χ2v) is 5.31. The van der Waals surface area contributed by atoms with Crippen molar-refractivity contribution in [2.45, 2.75) is 24.9 Å². The van der Waals surface area contributed by atoms with Crippen molar-refractivity contribution in [3.8, 4) is 0 Å². The van der Waals surface area contributed by atoms with Gasteiger partial charge in [-0.05, 0) is 32.9 Å². The van der Waals surface area contributed by atoms with Gasteiger partial charge in [0.25, 0.3) is 0 Å². The maximum Gasteiger partial charge on any atom is 0.180 e. The molecule has 0 spiro atoms. The Morgan fingerprint density at radius 3 is 3.00 bits per heavy atom. The summed E-state index contributed by atoms with van der Waals surface area (Å²) >= 11 is 1.40. The van der Waals surface area contributed by atoms with Crippen LogP contribution in [-0.4, -0.2) is 35.1 Å². The predicted octanol–water partition coefficient (Wildman–Crippen LogP) is 1.03. The molecule has 0 aromatic carbocycles. The van der Waals surface area contributed by atoms with E-state index in [4.69, 9.17) is 5.73 Å². The molecule has 0 saturated carbocycles. The number of nitrogen functional groups attached to an aromatic ring is 1. The first-order chi connectivity index (χ1) is 7.10. The summed E-state index contributed by atoms with van der Waals surface area (Å²) in [5.74, 6) is 0. The van der Waals surface area contributed by atoms with Crippen LogP contribution in [0.15, 0.2) is 6.20 Å². The van der Waals surface area contributed by atoms with Crippen molar-refractivity contribution in [3.05, 3.63) is 11.1 Å². The molecular formula is C10H17N3OS. The average Bonchev–Trinajstić information content (AvgIpc) is 2.55. The van der Waals surface area contributed by atoms with E-state index in [0.29, 0.717) is 5.13 Å². The second kappa shape index (κ2) is 4.08. The lowest BCUT2D eigenvalue weighted by Gasteiger charge is -2.24. The van der Waals surface area contributed by atoms with Crippen LogP contribution in [0, 0.1) is 0 Å². The van der Waals surface area contributed by atoms with E-state index < -0.39 is 5.60 Å². The Balaban J connectivity index is 2.18. The topological polar surface area (TPSA) is 62.4 Å². The van der Waals surface area contributed by atoms with Crippen molar-refractivity contribution in [1.82, 2.24) is 9.88 Å². The first kappa shape index (κ1) is 10.9. The number of nitrogens with zero attached hydrogens (tertiary/aromatic N) is 2. The zero-order valence-electron chi connectivity index (χ0n) is 8.94. The number of thiazole rings is 1. The smallest absolute Gasteiger partial charge is 0.180 e. The summed E-state index contributed by atoms with van der Waals surface area (Å²) in [5.41, 5.74) is 4.89. The number of likely N-dealkylation sites (tertiary alicyclic amines) is 1. The molecule has 0 aliphatic carbocycles. The average molecular weight is 227 g/mol. The molecule has 1 aliphatic rings. The summed E-state index contributed by atoms with van der Waals surface area (Å²) in [6.45, 7) is 1.98. The maximum absolute atomic E-state index is 10.5. The van der Waals surface area contributed by atoms with Gasteiger partial charge in [-0.1, -0.05) is 11.3 Å². The van der Waals surface area contributed by atoms with Crippen molar-refractivity contribution in [1.29, 1.82) is 0 Å². The van der Waals surface area contributed by atoms with Crippen molar-refractivity contribution in [3.63, 3.8) is 0 Å². The van der Waals surface area contributed by atoms with Crippen molar-refractivity contribution in [2.75, 3.05) is 25.9 Å². The summed E-state index contributed by atoms with van der Waals surface area (Å²) in [6, 6.07) is 0. The zero-order chi connectivity index (χ0) is 10.9.